The van der Waals surface area contributed by atoms with E-state index in [1.807, 2.05) is 0 Å². The molecular weight excluding hydrogens is 504 g/mol. The highest BCUT2D eigenvalue weighted by Gasteiger charge is 2.44. The number of amides is 5. The van der Waals surface area contributed by atoms with Gasteiger partial charge in [0.25, 0.3) is 0 Å². The molecule has 11 nitrogen and oxygen atoms in total. The monoisotopic (exact) mass is 542 g/mol. The number of carbonyl (C=O) groups excluding carboxylic acids is 5. The van der Waals surface area contributed by atoms with Crippen LogP contribution in [-0.4, -0.2) is 101 Å². The largest absolute Gasteiger partial charge is 0.353 e. The standard InChI is InChI=1S/C23H38N6O5S2/c1-14(2)19-22(33)26-15(20(31)25-8-12-36-35-11-7-24)13-18(30)28-9-4-6-17(28)23(34)29-10-3-5-16(29)21(32)27-19/h14-17,19H,3-13,24H2,1-2H3,(H,25,31)(H,26,33)(H,27,32)/t15-,16+,17-,19+/m1/s1. The van der Waals surface area contributed by atoms with Crippen molar-refractivity contribution in [3.05, 3.63) is 0 Å². The molecule has 202 valence electrons. The van der Waals surface area contributed by atoms with E-state index in [1.165, 1.54) is 4.90 Å². The molecule has 0 aliphatic carbocycles. The number of hydrogen-bond acceptors (Lipinski definition) is 8. The van der Waals surface area contributed by atoms with Gasteiger partial charge in [-0.1, -0.05) is 35.4 Å². The van der Waals surface area contributed by atoms with Gasteiger partial charge in [-0.25, -0.2) is 0 Å². The molecule has 3 heterocycles. The SMILES string of the molecule is CC(C)[C@@H]1NC(=O)[C@@H]2CCCN2C(=O)[C@H]2CCCN2C(=O)C[C@H](C(=O)NCCSSCCN)NC1=O. The number of rotatable bonds is 8. The maximum Gasteiger partial charge on any atom is 0.246 e. The summed E-state index contributed by atoms with van der Waals surface area (Å²) >= 11 is 0. The Labute approximate surface area is 220 Å². The minimum atomic E-state index is -1.11. The van der Waals surface area contributed by atoms with Crippen molar-refractivity contribution < 1.29 is 24.0 Å². The molecule has 0 aromatic rings. The van der Waals surface area contributed by atoms with Gasteiger partial charge < -0.3 is 31.5 Å². The summed E-state index contributed by atoms with van der Waals surface area (Å²) in [6, 6.07) is -3.33. The van der Waals surface area contributed by atoms with Gasteiger partial charge in [0.2, 0.25) is 29.5 Å². The summed E-state index contributed by atoms with van der Waals surface area (Å²) in [5.74, 6) is -0.751. The predicted octanol–water partition coefficient (Wildman–Crippen LogP) is -0.546. The number of nitrogens with two attached hydrogens (primary N) is 1. The fourth-order valence-corrected chi connectivity index (χ4v) is 6.63. The summed E-state index contributed by atoms with van der Waals surface area (Å²) in [5.41, 5.74) is 5.48. The van der Waals surface area contributed by atoms with Gasteiger partial charge in [-0.2, -0.15) is 0 Å². The highest BCUT2D eigenvalue weighted by atomic mass is 33.1. The van der Waals surface area contributed by atoms with E-state index in [0.29, 0.717) is 57.6 Å². The minimum absolute atomic E-state index is 0.230. The first kappa shape index (κ1) is 28.6. The zero-order valence-electron chi connectivity index (χ0n) is 21.0. The summed E-state index contributed by atoms with van der Waals surface area (Å²) in [6.45, 7) is 5.39. The third-order valence-electron chi connectivity index (χ3n) is 6.72. The molecule has 0 saturated carbocycles. The first-order chi connectivity index (χ1) is 17.2. The topological polar surface area (TPSA) is 154 Å². The van der Waals surface area contributed by atoms with Gasteiger partial charge in [0.15, 0.2) is 0 Å². The van der Waals surface area contributed by atoms with Crippen LogP contribution >= 0.6 is 21.6 Å². The van der Waals surface area contributed by atoms with Crippen LogP contribution in [0.25, 0.3) is 0 Å². The Morgan fingerprint density at radius 2 is 1.67 bits per heavy atom. The molecule has 0 aromatic carbocycles. The van der Waals surface area contributed by atoms with Crippen LogP contribution in [0.5, 0.6) is 0 Å². The Hall–Kier alpha value is -1.99. The molecule has 0 radical (unpaired) electrons. The fraction of sp³-hybridized carbons (Fsp3) is 0.783. The first-order valence-electron chi connectivity index (χ1n) is 12.7. The lowest BCUT2D eigenvalue weighted by atomic mass is 10.0. The lowest BCUT2D eigenvalue weighted by Gasteiger charge is -2.31. The number of nitrogens with one attached hydrogen (secondary N) is 3. The van der Waals surface area contributed by atoms with Crippen LogP contribution in [-0.2, 0) is 24.0 Å². The lowest BCUT2D eigenvalue weighted by molar-refractivity contribution is -0.147. The van der Waals surface area contributed by atoms with Crippen LogP contribution in [0.2, 0.25) is 0 Å². The fourth-order valence-electron chi connectivity index (χ4n) is 4.87. The van der Waals surface area contributed by atoms with Gasteiger partial charge in [0, 0.05) is 37.7 Å². The predicted molar refractivity (Wildman–Crippen MR) is 140 cm³/mol. The van der Waals surface area contributed by atoms with E-state index in [9.17, 15) is 24.0 Å². The molecule has 3 fully saturated rings. The minimum Gasteiger partial charge on any atom is -0.353 e. The average Bonchev–Trinajstić information content (AvgIpc) is 3.53. The molecule has 3 rings (SSSR count). The van der Waals surface area contributed by atoms with Gasteiger partial charge in [-0.15, -0.1) is 0 Å². The van der Waals surface area contributed by atoms with E-state index >= 15 is 0 Å². The summed E-state index contributed by atoms with van der Waals surface area (Å²) < 4.78 is 0. The molecule has 5 amide bonds. The average molecular weight is 543 g/mol. The summed E-state index contributed by atoms with van der Waals surface area (Å²) in [6.07, 6.45) is 2.14. The van der Waals surface area contributed by atoms with Crippen molar-refractivity contribution in [2.75, 3.05) is 37.7 Å². The van der Waals surface area contributed by atoms with Crippen molar-refractivity contribution in [3.8, 4) is 0 Å². The highest BCUT2D eigenvalue weighted by molar-refractivity contribution is 8.76. The Morgan fingerprint density at radius 1 is 1.00 bits per heavy atom. The third kappa shape index (κ3) is 7.06. The Balaban J connectivity index is 1.81. The van der Waals surface area contributed by atoms with Crippen molar-refractivity contribution in [1.82, 2.24) is 25.8 Å². The molecule has 0 bridgehead atoms. The Morgan fingerprint density at radius 3 is 2.36 bits per heavy atom. The quantitative estimate of drug-likeness (QED) is 0.235. The van der Waals surface area contributed by atoms with Crippen molar-refractivity contribution in [2.45, 2.75) is 70.1 Å². The molecule has 13 heteroatoms. The van der Waals surface area contributed by atoms with Crippen LogP contribution in [0.4, 0.5) is 0 Å². The van der Waals surface area contributed by atoms with Crippen LogP contribution in [0.3, 0.4) is 0 Å². The van der Waals surface area contributed by atoms with Gasteiger partial charge in [-0.3, -0.25) is 24.0 Å². The van der Waals surface area contributed by atoms with Gasteiger partial charge in [-0.05, 0) is 31.6 Å². The summed E-state index contributed by atoms with van der Waals surface area (Å²) in [4.78, 5) is 69.2. The van der Waals surface area contributed by atoms with Crippen LogP contribution in [0.1, 0.15) is 46.0 Å². The number of hydrogen-bond donors (Lipinski definition) is 4. The van der Waals surface area contributed by atoms with E-state index in [4.69, 9.17) is 5.73 Å². The van der Waals surface area contributed by atoms with Crippen LogP contribution in [0.15, 0.2) is 0 Å². The molecule has 36 heavy (non-hydrogen) atoms. The lowest BCUT2D eigenvalue weighted by Crippen LogP contribution is -2.58. The third-order valence-corrected chi connectivity index (χ3v) is 9.16. The van der Waals surface area contributed by atoms with Crippen molar-refractivity contribution >= 4 is 51.1 Å². The van der Waals surface area contributed by atoms with Gasteiger partial charge >= 0.3 is 0 Å². The van der Waals surface area contributed by atoms with Gasteiger partial charge in [0.1, 0.15) is 24.2 Å². The molecule has 0 spiro atoms. The highest BCUT2D eigenvalue weighted by Crippen LogP contribution is 2.26. The van der Waals surface area contributed by atoms with E-state index in [0.717, 1.165) is 5.75 Å². The first-order valence-corrected chi connectivity index (χ1v) is 15.2. The molecule has 0 aromatic heterocycles. The van der Waals surface area contributed by atoms with E-state index < -0.39 is 36.0 Å². The van der Waals surface area contributed by atoms with Crippen molar-refractivity contribution in [3.63, 3.8) is 0 Å². The maximum absolute atomic E-state index is 13.4. The second-order valence-corrected chi connectivity index (χ2v) is 12.4. The zero-order chi connectivity index (χ0) is 26.2. The number of nitrogens with zero attached hydrogens (tertiary/aromatic N) is 2. The van der Waals surface area contributed by atoms with E-state index in [-0.39, 0.29) is 30.1 Å². The van der Waals surface area contributed by atoms with E-state index in [2.05, 4.69) is 16.0 Å². The van der Waals surface area contributed by atoms with Crippen LogP contribution in [0, 0.1) is 5.92 Å². The van der Waals surface area contributed by atoms with Crippen molar-refractivity contribution in [1.29, 1.82) is 0 Å². The molecule has 3 aliphatic heterocycles. The molecular formula is C23H38N6O5S2. The zero-order valence-corrected chi connectivity index (χ0v) is 22.6. The Kier molecular flexibility index (Phi) is 10.7. The summed E-state index contributed by atoms with van der Waals surface area (Å²) in [7, 11) is 3.20. The molecule has 5 N–H and O–H groups in total. The summed E-state index contributed by atoms with van der Waals surface area (Å²) in [5, 5.41) is 8.31. The second kappa shape index (κ2) is 13.5. The number of fused-ring (bicyclic) bond motifs is 2. The molecule has 4 atom stereocenters. The van der Waals surface area contributed by atoms with Gasteiger partial charge in [0.05, 0.1) is 6.42 Å². The maximum atomic E-state index is 13.4. The molecule has 3 saturated heterocycles. The second-order valence-electron chi connectivity index (χ2n) is 9.65. The number of carbonyl (C=O) groups is 5. The molecule has 0 unspecified atom stereocenters. The smallest absolute Gasteiger partial charge is 0.246 e. The van der Waals surface area contributed by atoms with Crippen molar-refractivity contribution in [2.24, 2.45) is 11.7 Å². The molecule has 3 aliphatic rings. The normalized spacial score (nSPS) is 27.6. The Bertz CT molecular complexity index is 834. The van der Waals surface area contributed by atoms with Crippen LogP contribution < -0.4 is 21.7 Å². The van der Waals surface area contributed by atoms with E-state index in [1.54, 1.807) is 40.3 Å².